The molecule has 0 unspecified atom stereocenters. The Hall–Kier alpha value is -0.360. The lowest BCUT2D eigenvalue weighted by atomic mass is 10.3. The Bertz CT molecular complexity index is 358. The third-order valence-corrected chi connectivity index (χ3v) is 4.23. The number of halogens is 1. The molecule has 96 valence electrons. The van der Waals surface area contributed by atoms with Gasteiger partial charge in [0.25, 0.3) is 0 Å². The van der Waals surface area contributed by atoms with Crippen molar-refractivity contribution in [3.05, 3.63) is 11.1 Å². The fraction of sp³-hybridized carbons (Fsp3) is 0.727. The highest BCUT2D eigenvalue weighted by atomic mass is 35.5. The van der Waals surface area contributed by atoms with E-state index in [0.717, 1.165) is 12.6 Å². The Morgan fingerprint density at radius 2 is 2.00 bits per heavy atom. The molecule has 4 nitrogen and oxygen atoms in total. The lowest BCUT2D eigenvalue weighted by Gasteiger charge is -2.34. The second-order valence-corrected chi connectivity index (χ2v) is 5.85. The molecule has 0 radical (unpaired) electrons. The lowest BCUT2D eigenvalue weighted by molar-refractivity contribution is 0.122. The second kappa shape index (κ2) is 5.52. The van der Waals surface area contributed by atoms with Crippen molar-refractivity contribution in [2.45, 2.75) is 25.4 Å². The van der Waals surface area contributed by atoms with Crippen LogP contribution in [0.2, 0.25) is 0 Å². The second-order valence-electron chi connectivity index (χ2n) is 4.71. The zero-order chi connectivity index (χ0) is 11.0. The largest absolute Gasteiger partial charge is 0.375 e. The van der Waals surface area contributed by atoms with Crippen LogP contribution in [0, 0.1) is 0 Å². The lowest BCUT2D eigenvalue weighted by Crippen LogP contribution is -2.46. The molecule has 2 N–H and O–H groups in total. The fourth-order valence-corrected chi connectivity index (χ4v) is 3.07. The Kier molecular flexibility index (Phi) is 4.25. The molecule has 2 heterocycles. The first-order chi connectivity index (χ1) is 7.81. The molecule has 1 aromatic heterocycles. The molecular weight excluding hydrogens is 256 g/mol. The third-order valence-electron chi connectivity index (χ3n) is 3.42. The van der Waals surface area contributed by atoms with Crippen molar-refractivity contribution >= 4 is 28.9 Å². The SMILES string of the molecule is Cl.Nc1ncc(CN2CCN(C3CC3)CC2)s1. The van der Waals surface area contributed by atoms with E-state index in [4.69, 9.17) is 5.73 Å². The van der Waals surface area contributed by atoms with E-state index in [9.17, 15) is 0 Å². The topological polar surface area (TPSA) is 45.4 Å². The van der Waals surface area contributed by atoms with Crippen LogP contribution >= 0.6 is 23.7 Å². The molecule has 1 saturated heterocycles. The summed E-state index contributed by atoms with van der Waals surface area (Å²) >= 11 is 1.61. The minimum Gasteiger partial charge on any atom is -0.375 e. The van der Waals surface area contributed by atoms with Crippen LogP contribution < -0.4 is 5.73 Å². The van der Waals surface area contributed by atoms with Crippen molar-refractivity contribution in [2.24, 2.45) is 0 Å². The highest BCUT2D eigenvalue weighted by molar-refractivity contribution is 7.15. The summed E-state index contributed by atoms with van der Waals surface area (Å²) in [4.78, 5) is 10.5. The van der Waals surface area contributed by atoms with Crippen molar-refractivity contribution in [1.29, 1.82) is 0 Å². The molecule has 17 heavy (non-hydrogen) atoms. The summed E-state index contributed by atoms with van der Waals surface area (Å²) in [6.07, 6.45) is 4.75. The maximum atomic E-state index is 5.63. The van der Waals surface area contributed by atoms with Crippen molar-refractivity contribution in [2.75, 3.05) is 31.9 Å². The number of nitrogens with two attached hydrogens (primary N) is 1. The fourth-order valence-electron chi connectivity index (χ4n) is 2.34. The van der Waals surface area contributed by atoms with E-state index in [1.54, 1.807) is 11.3 Å². The van der Waals surface area contributed by atoms with E-state index >= 15 is 0 Å². The number of rotatable bonds is 3. The Morgan fingerprint density at radius 1 is 1.29 bits per heavy atom. The summed E-state index contributed by atoms with van der Waals surface area (Å²) in [6, 6.07) is 0.918. The summed E-state index contributed by atoms with van der Waals surface area (Å²) in [6.45, 7) is 5.87. The Morgan fingerprint density at radius 3 is 2.53 bits per heavy atom. The van der Waals surface area contributed by atoms with Gasteiger partial charge < -0.3 is 5.73 Å². The first-order valence-electron chi connectivity index (χ1n) is 5.98. The molecule has 1 aromatic rings. The molecule has 6 heteroatoms. The van der Waals surface area contributed by atoms with E-state index < -0.39 is 0 Å². The van der Waals surface area contributed by atoms with Gasteiger partial charge in [-0.25, -0.2) is 4.98 Å². The molecule has 0 spiro atoms. The first kappa shape index (κ1) is 13.1. The van der Waals surface area contributed by atoms with Crippen molar-refractivity contribution < 1.29 is 0 Å². The summed E-state index contributed by atoms with van der Waals surface area (Å²) < 4.78 is 0. The molecular formula is C11H19ClN4S. The van der Waals surface area contributed by atoms with Crippen LogP contribution in [0.4, 0.5) is 5.13 Å². The monoisotopic (exact) mass is 274 g/mol. The van der Waals surface area contributed by atoms with Crippen LogP contribution in [0.5, 0.6) is 0 Å². The van der Waals surface area contributed by atoms with E-state index in [0.29, 0.717) is 5.13 Å². The van der Waals surface area contributed by atoms with Gasteiger partial charge in [0.2, 0.25) is 0 Å². The van der Waals surface area contributed by atoms with Gasteiger partial charge in [0.1, 0.15) is 0 Å². The normalized spacial score (nSPS) is 22.4. The molecule has 0 aromatic carbocycles. The Labute approximate surface area is 112 Å². The standard InChI is InChI=1S/C11H18N4S.ClH/c12-11-13-7-10(16-11)8-14-3-5-15(6-4-14)9-1-2-9;/h7,9H,1-6,8H2,(H2,12,13);1H. The average molecular weight is 275 g/mol. The summed E-state index contributed by atoms with van der Waals surface area (Å²) in [7, 11) is 0. The number of nitrogen functional groups attached to an aromatic ring is 1. The predicted molar refractivity (Wildman–Crippen MR) is 73.6 cm³/mol. The minimum atomic E-state index is 0. The minimum absolute atomic E-state index is 0. The maximum Gasteiger partial charge on any atom is 0.180 e. The summed E-state index contributed by atoms with van der Waals surface area (Å²) in [5, 5.41) is 0.687. The predicted octanol–water partition coefficient (Wildman–Crippen LogP) is 1.43. The van der Waals surface area contributed by atoms with Crippen molar-refractivity contribution in [1.82, 2.24) is 14.8 Å². The third kappa shape index (κ3) is 3.31. The van der Waals surface area contributed by atoms with Gasteiger partial charge >= 0.3 is 0 Å². The van der Waals surface area contributed by atoms with E-state index in [1.807, 2.05) is 6.20 Å². The van der Waals surface area contributed by atoms with Gasteiger partial charge in [-0.2, -0.15) is 0 Å². The van der Waals surface area contributed by atoms with Crippen LogP contribution in [-0.2, 0) is 6.54 Å². The zero-order valence-electron chi connectivity index (χ0n) is 9.84. The molecule has 1 aliphatic heterocycles. The molecule has 3 rings (SSSR count). The number of aromatic nitrogens is 1. The van der Waals surface area contributed by atoms with Gasteiger partial charge in [-0.3, -0.25) is 9.80 Å². The van der Waals surface area contributed by atoms with Gasteiger partial charge in [0.05, 0.1) is 0 Å². The van der Waals surface area contributed by atoms with Crippen LogP contribution in [0.3, 0.4) is 0 Å². The number of nitrogens with zero attached hydrogens (tertiary/aromatic N) is 3. The number of hydrogen-bond donors (Lipinski definition) is 1. The zero-order valence-corrected chi connectivity index (χ0v) is 11.5. The molecule has 2 aliphatic rings. The number of piperazine rings is 1. The Balaban J connectivity index is 0.00000108. The molecule has 0 amide bonds. The maximum absolute atomic E-state index is 5.63. The molecule has 1 saturated carbocycles. The number of thiazole rings is 1. The summed E-state index contributed by atoms with van der Waals surface area (Å²) in [5.41, 5.74) is 5.63. The number of hydrogen-bond acceptors (Lipinski definition) is 5. The summed E-state index contributed by atoms with van der Waals surface area (Å²) in [5.74, 6) is 0. The molecule has 0 bridgehead atoms. The van der Waals surface area contributed by atoms with Crippen LogP contribution in [-0.4, -0.2) is 47.0 Å². The van der Waals surface area contributed by atoms with Gasteiger partial charge in [-0.05, 0) is 12.8 Å². The molecule has 0 atom stereocenters. The van der Waals surface area contributed by atoms with Crippen LogP contribution in [0.1, 0.15) is 17.7 Å². The van der Waals surface area contributed by atoms with E-state index in [2.05, 4.69) is 14.8 Å². The smallest absolute Gasteiger partial charge is 0.180 e. The van der Waals surface area contributed by atoms with Crippen molar-refractivity contribution in [3.8, 4) is 0 Å². The van der Waals surface area contributed by atoms with Gasteiger partial charge in [-0.1, -0.05) is 0 Å². The molecule has 1 aliphatic carbocycles. The van der Waals surface area contributed by atoms with E-state index in [-0.39, 0.29) is 12.4 Å². The van der Waals surface area contributed by atoms with Gasteiger partial charge in [0.15, 0.2) is 5.13 Å². The van der Waals surface area contributed by atoms with Crippen LogP contribution in [0.25, 0.3) is 0 Å². The molecule has 2 fully saturated rings. The first-order valence-corrected chi connectivity index (χ1v) is 6.79. The number of anilines is 1. The van der Waals surface area contributed by atoms with E-state index in [1.165, 1.54) is 43.9 Å². The van der Waals surface area contributed by atoms with Crippen molar-refractivity contribution in [3.63, 3.8) is 0 Å². The van der Waals surface area contributed by atoms with Crippen LogP contribution in [0.15, 0.2) is 6.20 Å². The van der Waals surface area contributed by atoms with Gasteiger partial charge in [-0.15, -0.1) is 23.7 Å². The average Bonchev–Trinajstić information content (AvgIpc) is 3.05. The highest BCUT2D eigenvalue weighted by Gasteiger charge is 2.31. The highest BCUT2D eigenvalue weighted by Crippen LogP contribution is 2.27. The van der Waals surface area contributed by atoms with Gasteiger partial charge in [0, 0.05) is 49.8 Å². The quantitative estimate of drug-likeness (QED) is 0.906.